The molecule has 5 nitrogen and oxygen atoms in total. The highest BCUT2D eigenvalue weighted by Gasteiger charge is 2.29. The van der Waals surface area contributed by atoms with Crippen molar-refractivity contribution in [3.8, 4) is 5.75 Å². The summed E-state index contributed by atoms with van der Waals surface area (Å²) >= 11 is 0. The number of aliphatic hydroxyl groups is 1. The standard InChI is InChI=1S/C13H18N2O3/c1-18-12-5-4-9(14)6-10(12)13(17)15-7-11(16)8-2-3-8/h4-6,8,11,16H,2-3,7,14H2,1H3,(H,15,17). The van der Waals surface area contributed by atoms with E-state index in [1.54, 1.807) is 18.2 Å². The summed E-state index contributed by atoms with van der Waals surface area (Å²) in [6, 6.07) is 4.90. The summed E-state index contributed by atoms with van der Waals surface area (Å²) in [5.41, 5.74) is 6.54. The Morgan fingerprint density at radius 3 is 2.94 bits per heavy atom. The lowest BCUT2D eigenvalue weighted by molar-refractivity contribution is 0.0898. The van der Waals surface area contributed by atoms with E-state index in [0.717, 1.165) is 12.8 Å². The predicted octanol–water partition coefficient (Wildman–Crippen LogP) is 0.778. The highest BCUT2D eigenvalue weighted by molar-refractivity contribution is 5.97. The van der Waals surface area contributed by atoms with E-state index in [2.05, 4.69) is 5.32 Å². The fourth-order valence-corrected chi connectivity index (χ4v) is 1.84. The molecule has 1 atom stereocenters. The van der Waals surface area contributed by atoms with Crippen molar-refractivity contribution in [2.45, 2.75) is 18.9 Å². The normalized spacial score (nSPS) is 16.1. The lowest BCUT2D eigenvalue weighted by atomic mass is 10.1. The first-order valence-corrected chi connectivity index (χ1v) is 6.01. The zero-order valence-corrected chi connectivity index (χ0v) is 10.3. The molecule has 1 aliphatic rings. The molecule has 0 heterocycles. The molecular formula is C13H18N2O3. The third kappa shape index (κ3) is 2.92. The van der Waals surface area contributed by atoms with Crippen molar-refractivity contribution in [1.29, 1.82) is 0 Å². The number of aliphatic hydroxyl groups excluding tert-OH is 1. The lowest BCUT2D eigenvalue weighted by Gasteiger charge is -2.13. The molecular weight excluding hydrogens is 232 g/mol. The van der Waals surface area contributed by atoms with Crippen LogP contribution in [0.4, 0.5) is 5.69 Å². The molecule has 0 bridgehead atoms. The Bertz CT molecular complexity index is 444. The number of benzene rings is 1. The van der Waals surface area contributed by atoms with Crippen LogP contribution in [0, 0.1) is 5.92 Å². The molecule has 98 valence electrons. The molecule has 1 saturated carbocycles. The molecule has 0 saturated heterocycles. The fraction of sp³-hybridized carbons (Fsp3) is 0.462. The monoisotopic (exact) mass is 250 g/mol. The molecule has 1 aliphatic carbocycles. The Morgan fingerprint density at radius 1 is 1.61 bits per heavy atom. The van der Waals surface area contributed by atoms with Gasteiger partial charge in [-0.3, -0.25) is 4.79 Å². The third-order valence-electron chi connectivity index (χ3n) is 3.11. The van der Waals surface area contributed by atoms with Gasteiger partial charge in [0.2, 0.25) is 0 Å². The van der Waals surface area contributed by atoms with E-state index < -0.39 is 6.10 Å². The molecule has 4 N–H and O–H groups in total. The van der Waals surface area contributed by atoms with Crippen LogP contribution in [-0.2, 0) is 0 Å². The topological polar surface area (TPSA) is 84.6 Å². The molecule has 0 aliphatic heterocycles. The van der Waals surface area contributed by atoms with Gasteiger partial charge in [0.15, 0.2) is 0 Å². The van der Waals surface area contributed by atoms with Crippen molar-refractivity contribution in [2.75, 3.05) is 19.4 Å². The van der Waals surface area contributed by atoms with Crippen LogP contribution < -0.4 is 15.8 Å². The van der Waals surface area contributed by atoms with Crippen molar-refractivity contribution in [2.24, 2.45) is 5.92 Å². The minimum Gasteiger partial charge on any atom is -0.496 e. The molecule has 18 heavy (non-hydrogen) atoms. The average Bonchev–Trinajstić information content (AvgIpc) is 3.19. The first-order chi connectivity index (χ1) is 8.61. The third-order valence-corrected chi connectivity index (χ3v) is 3.11. The number of ether oxygens (including phenoxy) is 1. The summed E-state index contributed by atoms with van der Waals surface area (Å²) in [5.74, 6) is 0.537. The number of carbonyl (C=O) groups is 1. The summed E-state index contributed by atoms with van der Waals surface area (Å²) in [4.78, 5) is 12.0. The zero-order chi connectivity index (χ0) is 13.1. The van der Waals surface area contributed by atoms with Crippen LogP contribution in [0.1, 0.15) is 23.2 Å². The first kappa shape index (κ1) is 12.7. The number of carbonyl (C=O) groups excluding carboxylic acids is 1. The van der Waals surface area contributed by atoms with Crippen LogP contribution in [0.5, 0.6) is 5.75 Å². The molecule has 0 aromatic heterocycles. The molecule has 1 amide bonds. The van der Waals surface area contributed by atoms with E-state index in [1.165, 1.54) is 7.11 Å². The van der Waals surface area contributed by atoms with Gasteiger partial charge >= 0.3 is 0 Å². The molecule has 1 aromatic rings. The number of hydrogen-bond donors (Lipinski definition) is 3. The van der Waals surface area contributed by atoms with Gasteiger partial charge in [0.05, 0.1) is 18.8 Å². The quantitative estimate of drug-likeness (QED) is 0.674. The van der Waals surface area contributed by atoms with Crippen LogP contribution in [0.2, 0.25) is 0 Å². The Balaban J connectivity index is 2.00. The van der Waals surface area contributed by atoms with E-state index in [4.69, 9.17) is 10.5 Å². The maximum absolute atomic E-state index is 12.0. The van der Waals surface area contributed by atoms with E-state index in [-0.39, 0.29) is 12.5 Å². The number of hydrogen-bond acceptors (Lipinski definition) is 4. The molecule has 1 fully saturated rings. The van der Waals surface area contributed by atoms with Crippen molar-refractivity contribution >= 4 is 11.6 Å². The second kappa shape index (κ2) is 5.27. The van der Waals surface area contributed by atoms with Crippen molar-refractivity contribution in [1.82, 2.24) is 5.32 Å². The van der Waals surface area contributed by atoms with E-state index in [1.807, 2.05) is 0 Å². The van der Waals surface area contributed by atoms with Gasteiger partial charge in [0, 0.05) is 12.2 Å². The number of anilines is 1. The summed E-state index contributed by atoms with van der Waals surface area (Å²) < 4.78 is 5.11. The Labute approximate surface area is 106 Å². The minimum absolute atomic E-state index is 0.265. The van der Waals surface area contributed by atoms with E-state index in [0.29, 0.717) is 22.9 Å². The van der Waals surface area contributed by atoms with Gasteiger partial charge in [0.1, 0.15) is 5.75 Å². The SMILES string of the molecule is COc1ccc(N)cc1C(=O)NCC(O)C1CC1. The molecule has 2 rings (SSSR count). The molecule has 1 aromatic carbocycles. The summed E-state index contributed by atoms with van der Waals surface area (Å²) in [6.45, 7) is 0.265. The zero-order valence-electron chi connectivity index (χ0n) is 10.3. The van der Waals surface area contributed by atoms with Gasteiger partial charge in [-0.05, 0) is 37.0 Å². The highest BCUT2D eigenvalue weighted by atomic mass is 16.5. The minimum atomic E-state index is -0.457. The average molecular weight is 250 g/mol. The number of rotatable bonds is 5. The smallest absolute Gasteiger partial charge is 0.255 e. The summed E-state index contributed by atoms with van der Waals surface area (Å²) in [6.07, 6.45) is 1.62. The lowest BCUT2D eigenvalue weighted by Crippen LogP contribution is -2.33. The van der Waals surface area contributed by atoms with Crippen molar-refractivity contribution < 1.29 is 14.6 Å². The Hall–Kier alpha value is -1.75. The fourth-order valence-electron chi connectivity index (χ4n) is 1.84. The van der Waals surface area contributed by atoms with Crippen LogP contribution >= 0.6 is 0 Å². The number of nitrogens with two attached hydrogens (primary N) is 1. The second-order valence-corrected chi connectivity index (χ2v) is 4.57. The maximum Gasteiger partial charge on any atom is 0.255 e. The summed E-state index contributed by atoms with van der Waals surface area (Å²) in [7, 11) is 1.50. The largest absolute Gasteiger partial charge is 0.496 e. The van der Waals surface area contributed by atoms with E-state index in [9.17, 15) is 9.90 Å². The Morgan fingerprint density at radius 2 is 2.33 bits per heavy atom. The predicted molar refractivity (Wildman–Crippen MR) is 68.5 cm³/mol. The molecule has 0 spiro atoms. The molecule has 0 radical (unpaired) electrons. The number of nitrogens with one attached hydrogen (secondary N) is 1. The maximum atomic E-state index is 12.0. The highest BCUT2D eigenvalue weighted by Crippen LogP contribution is 2.32. The van der Waals surface area contributed by atoms with Crippen LogP contribution in [0.15, 0.2) is 18.2 Å². The van der Waals surface area contributed by atoms with Gasteiger partial charge in [-0.2, -0.15) is 0 Å². The summed E-state index contributed by atoms with van der Waals surface area (Å²) in [5, 5.41) is 12.4. The van der Waals surface area contributed by atoms with Gasteiger partial charge in [0.25, 0.3) is 5.91 Å². The van der Waals surface area contributed by atoms with Crippen LogP contribution in [0.25, 0.3) is 0 Å². The van der Waals surface area contributed by atoms with Gasteiger partial charge in [-0.15, -0.1) is 0 Å². The number of amides is 1. The first-order valence-electron chi connectivity index (χ1n) is 6.01. The van der Waals surface area contributed by atoms with Gasteiger partial charge in [-0.25, -0.2) is 0 Å². The Kier molecular flexibility index (Phi) is 3.72. The van der Waals surface area contributed by atoms with Crippen LogP contribution in [0.3, 0.4) is 0 Å². The van der Waals surface area contributed by atoms with E-state index >= 15 is 0 Å². The second-order valence-electron chi connectivity index (χ2n) is 4.57. The van der Waals surface area contributed by atoms with Crippen molar-refractivity contribution in [3.05, 3.63) is 23.8 Å². The van der Waals surface area contributed by atoms with Crippen molar-refractivity contribution in [3.63, 3.8) is 0 Å². The van der Waals surface area contributed by atoms with Gasteiger partial charge in [-0.1, -0.05) is 0 Å². The molecule has 1 unspecified atom stereocenters. The number of methoxy groups -OCH3 is 1. The van der Waals surface area contributed by atoms with Gasteiger partial charge < -0.3 is 20.9 Å². The van der Waals surface area contributed by atoms with Crippen LogP contribution in [-0.4, -0.2) is 30.8 Å². The number of nitrogen functional groups attached to an aromatic ring is 1. The molecule has 5 heteroatoms.